The molecule has 1 fully saturated rings. The lowest BCUT2D eigenvalue weighted by Crippen LogP contribution is -3.16. The van der Waals surface area contributed by atoms with E-state index in [2.05, 4.69) is 0 Å². The Morgan fingerprint density at radius 3 is 1.91 bits per heavy atom. The Bertz CT molecular complexity index is 334. The molecule has 0 saturated carbocycles. The molecule has 9 atom stereocenters. The van der Waals surface area contributed by atoms with Crippen molar-refractivity contribution in [2.75, 3.05) is 26.3 Å². The van der Waals surface area contributed by atoms with Gasteiger partial charge in [0.05, 0.1) is 13.2 Å². The van der Waals surface area contributed by atoms with Crippen LogP contribution in [0.25, 0.3) is 0 Å². The van der Waals surface area contributed by atoms with E-state index in [1.807, 2.05) is 0 Å². The molecule has 10 nitrogen and oxygen atoms in total. The van der Waals surface area contributed by atoms with Gasteiger partial charge in [-0.05, 0) is 0 Å². The predicted octanol–water partition coefficient (Wildman–Crippen LogP) is -7.24. The summed E-state index contributed by atoms with van der Waals surface area (Å²) >= 11 is 0. The van der Waals surface area contributed by atoms with Crippen molar-refractivity contribution < 1.29 is 50.9 Å². The van der Waals surface area contributed by atoms with Gasteiger partial charge in [0.1, 0.15) is 61.9 Å². The van der Waals surface area contributed by atoms with Crippen molar-refractivity contribution in [2.24, 2.45) is 0 Å². The molecule has 0 aliphatic carbocycles. The van der Waals surface area contributed by atoms with Crippen molar-refractivity contribution >= 4 is 0 Å². The second kappa shape index (κ2) is 8.45. The van der Waals surface area contributed by atoms with Gasteiger partial charge in [-0.15, -0.1) is 0 Å². The number of rotatable bonds is 8. The van der Waals surface area contributed by atoms with Crippen molar-refractivity contribution in [1.82, 2.24) is 0 Å². The summed E-state index contributed by atoms with van der Waals surface area (Å²) in [5, 5.41) is 85.1. The summed E-state index contributed by atoms with van der Waals surface area (Å²) in [6, 6.07) is -0.748. The molecule has 0 bridgehead atoms. The molecular weight excluding hydrogens is 302 g/mol. The van der Waals surface area contributed by atoms with E-state index in [1.165, 1.54) is 0 Å². The molecule has 0 radical (unpaired) electrons. The first-order valence-corrected chi connectivity index (χ1v) is 7.07. The number of nitrogens with one attached hydrogen (secondary N) is 1. The highest BCUT2D eigenvalue weighted by Crippen LogP contribution is 2.09. The summed E-state index contributed by atoms with van der Waals surface area (Å²) in [7, 11) is 0. The SMILES string of the molecule is OC[C@@H]1[C@@H](O)[C@H](O)C[NH+]1C[C@@H](O)[C@@H](O)[C@H](O)[C@H](O)[C@@H](O)CO. The minimum atomic E-state index is -1.90. The third kappa shape index (κ3) is 4.32. The van der Waals surface area contributed by atoms with Gasteiger partial charge in [-0.25, -0.2) is 0 Å². The number of likely N-dealkylation sites (tertiary alicyclic amines) is 1. The lowest BCUT2D eigenvalue weighted by molar-refractivity contribution is -0.919. The standard InChI is InChI=1S/C12H25NO9/c14-3-5-9(19)6(16)1-13(5)2-7(17)10(20)12(22)11(21)8(18)4-15/h5-12,14-22H,1-4H2/p+1/t5-,6-,7-,8+,9-,10-,11-,12+/m1/s1. The lowest BCUT2D eigenvalue weighted by Gasteiger charge is -2.30. The van der Waals surface area contributed by atoms with Crippen molar-refractivity contribution in [3.63, 3.8) is 0 Å². The van der Waals surface area contributed by atoms with E-state index in [9.17, 15) is 40.9 Å². The number of hydrogen-bond donors (Lipinski definition) is 10. The Morgan fingerprint density at radius 2 is 1.41 bits per heavy atom. The van der Waals surface area contributed by atoms with Crippen molar-refractivity contribution in [2.45, 2.75) is 48.8 Å². The molecule has 1 aliphatic heterocycles. The van der Waals surface area contributed by atoms with Crippen LogP contribution >= 0.6 is 0 Å². The molecule has 10 heteroatoms. The maximum absolute atomic E-state index is 9.91. The highest BCUT2D eigenvalue weighted by Gasteiger charge is 2.45. The van der Waals surface area contributed by atoms with Crippen LogP contribution in [0.1, 0.15) is 0 Å². The zero-order chi connectivity index (χ0) is 17.0. The Hall–Kier alpha value is -0.400. The summed E-state index contributed by atoms with van der Waals surface area (Å²) in [5.41, 5.74) is 0. The van der Waals surface area contributed by atoms with Crippen LogP contribution in [0.5, 0.6) is 0 Å². The van der Waals surface area contributed by atoms with Crippen LogP contribution in [0, 0.1) is 0 Å². The summed E-state index contributed by atoms with van der Waals surface area (Å²) in [6.45, 7) is -1.44. The topological polar surface area (TPSA) is 187 Å². The average molecular weight is 328 g/mol. The summed E-state index contributed by atoms with van der Waals surface area (Å²) in [6.07, 6.45) is -11.0. The molecule has 22 heavy (non-hydrogen) atoms. The predicted molar refractivity (Wildman–Crippen MR) is 70.7 cm³/mol. The van der Waals surface area contributed by atoms with Crippen molar-refractivity contribution in [1.29, 1.82) is 0 Å². The maximum atomic E-state index is 9.91. The molecule has 0 spiro atoms. The molecule has 132 valence electrons. The zero-order valence-corrected chi connectivity index (χ0v) is 12.0. The van der Waals surface area contributed by atoms with Gasteiger partial charge in [-0.3, -0.25) is 0 Å². The molecule has 0 aromatic heterocycles. The normalized spacial score (nSPS) is 35.9. The molecular formula is C12H26NO9+. The van der Waals surface area contributed by atoms with Gasteiger partial charge in [0, 0.05) is 0 Å². The molecule has 1 saturated heterocycles. The number of hydrogen-bond acceptors (Lipinski definition) is 9. The van der Waals surface area contributed by atoms with Gasteiger partial charge in [-0.1, -0.05) is 0 Å². The van der Waals surface area contributed by atoms with Crippen LogP contribution in [0.4, 0.5) is 0 Å². The Labute approximate surface area is 127 Å². The summed E-state index contributed by atoms with van der Waals surface area (Å²) in [4.78, 5) is 0.429. The van der Waals surface area contributed by atoms with E-state index in [0.717, 1.165) is 0 Å². The van der Waals surface area contributed by atoms with E-state index in [0.29, 0.717) is 4.90 Å². The number of aliphatic hydroxyl groups is 9. The van der Waals surface area contributed by atoms with Gasteiger partial charge >= 0.3 is 0 Å². The highest BCUT2D eigenvalue weighted by molar-refractivity contribution is 4.86. The first-order valence-electron chi connectivity index (χ1n) is 7.07. The second-order valence-corrected chi connectivity index (χ2v) is 5.70. The van der Waals surface area contributed by atoms with E-state index in [1.54, 1.807) is 0 Å². The Kier molecular flexibility index (Phi) is 7.55. The minimum absolute atomic E-state index is 0.0358. The highest BCUT2D eigenvalue weighted by atomic mass is 16.4. The van der Waals surface area contributed by atoms with Crippen LogP contribution in [0.2, 0.25) is 0 Å². The molecule has 1 unspecified atom stereocenters. The van der Waals surface area contributed by atoms with E-state index < -0.39 is 62.0 Å². The monoisotopic (exact) mass is 328 g/mol. The van der Waals surface area contributed by atoms with Gasteiger partial charge in [0.25, 0.3) is 0 Å². The fourth-order valence-corrected chi connectivity index (χ4v) is 2.68. The van der Waals surface area contributed by atoms with Crippen LogP contribution in [0.3, 0.4) is 0 Å². The lowest BCUT2D eigenvalue weighted by atomic mass is 9.99. The Morgan fingerprint density at radius 1 is 0.864 bits per heavy atom. The molecule has 1 aliphatic rings. The van der Waals surface area contributed by atoms with E-state index >= 15 is 0 Å². The van der Waals surface area contributed by atoms with Crippen LogP contribution in [-0.4, -0.2) is 121 Å². The van der Waals surface area contributed by atoms with Crippen molar-refractivity contribution in [3.8, 4) is 0 Å². The number of quaternary nitrogens is 1. The van der Waals surface area contributed by atoms with E-state index in [4.69, 9.17) is 5.11 Å². The van der Waals surface area contributed by atoms with Crippen LogP contribution in [-0.2, 0) is 0 Å². The van der Waals surface area contributed by atoms with Gasteiger partial charge < -0.3 is 50.9 Å². The minimum Gasteiger partial charge on any atom is -0.394 e. The molecule has 0 amide bonds. The van der Waals surface area contributed by atoms with E-state index in [-0.39, 0.29) is 13.1 Å². The maximum Gasteiger partial charge on any atom is 0.140 e. The second-order valence-electron chi connectivity index (χ2n) is 5.70. The summed E-state index contributed by atoms with van der Waals surface area (Å²) < 4.78 is 0. The first kappa shape index (κ1) is 19.6. The quantitative estimate of drug-likeness (QED) is 0.206. The largest absolute Gasteiger partial charge is 0.394 e. The fraction of sp³-hybridized carbons (Fsp3) is 1.00. The smallest absolute Gasteiger partial charge is 0.140 e. The van der Waals surface area contributed by atoms with Crippen molar-refractivity contribution in [3.05, 3.63) is 0 Å². The average Bonchev–Trinajstić information content (AvgIpc) is 2.77. The fourth-order valence-electron chi connectivity index (χ4n) is 2.68. The van der Waals surface area contributed by atoms with Crippen LogP contribution in [0.15, 0.2) is 0 Å². The van der Waals surface area contributed by atoms with Gasteiger partial charge in [0.15, 0.2) is 0 Å². The third-order valence-corrected chi connectivity index (χ3v) is 4.15. The first-order chi connectivity index (χ1) is 10.2. The van der Waals surface area contributed by atoms with Gasteiger partial charge in [-0.2, -0.15) is 0 Å². The molecule has 1 heterocycles. The third-order valence-electron chi connectivity index (χ3n) is 4.15. The van der Waals surface area contributed by atoms with Crippen LogP contribution < -0.4 is 4.90 Å². The molecule has 0 aromatic rings. The zero-order valence-electron chi connectivity index (χ0n) is 12.0. The molecule has 10 N–H and O–H groups in total. The number of aliphatic hydroxyl groups excluding tert-OH is 9. The summed E-state index contributed by atoms with van der Waals surface area (Å²) in [5.74, 6) is 0. The Balaban J connectivity index is 2.62. The molecule has 1 rings (SSSR count). The molecule has 0 aromatic carbocycles. The van der Waals surface area contributed by atoms with Gasteiger partial charge in [0.2, 0.25) is 0 Å².